The van der Waals surface area contributed by atoms with Gasteiger partial charge in [0, 0.05) is 23.3 Å². The van der Waals surface area contributed by atoms with Gasteiger partial charge in [-0.2, -0.15) is 0 Å². The number of rotatable bonds is 1. The third-order valence-electron chi connectivity index (χ3n) is 2.29. The lowest BCUT2D eigenvalue weighted by atomic mass is 10.0. The van der Waals surface area contributed by atoms with Gasteiger partial charge in [0.15, 0.2) is 0 Å². The monoisotopic (exact) mass is 175 g/mol. The number of pyridine rings is 1. The molecule has 0 aliphatic carbocycles. The van der Waals surface area contributed by atoms with Crippen LogP contribution in [0.5, 0.6) is 0 Å². The van der Waals surface area contributed by atoms with Crippen molar-refractivity contribution in [2.45, 2.75) is 26.7 Å². The van der Waals surface area contributed by atoms with Gasteiger partial charge in [-0.15, -0.1) is 0 Å². The van der Waals surface area contributed by atoms with Gasteiger partial charge in [-0.1, -0.05) is 13.8 Å². The molecule has 2 aromatic rings. The molecule has 0 aliphatic rings. The molecule has 0 spiro atoms. The molecule has 0 aliphatic heterocycles. The number of fused-ring (bicyclic) bond motifs is 1. The maximum Gasteiger partial charge on any atom is 0.137 e. The summed E-state index contributed by atoms with van der Waals surface area (Å²) in [6.07, 6.45) is 3.64. The summed E-state index contributed by atoms with van der Waals surface area (Å²) in [5.41, 5.74) is 2.22. The van der Waals surface area contributed by atoms with Gasteiger partial charge in [0.2, 0.25) is 0 Å². The first-order valence-electron chi connectivity index (χ1n) is 4.53. The minimum atomic E-state index is 0.491. The third kappa shape index (κ3) is 1.22. The fraction of sp³-hybridized carbons (Fsp3) is 0.364. The Hall–Kier alpha value is -1.31. The van der Waals surface area contributed by atoms with E-state index in [0.717, 1.165) is 16.7 Å². The van der Waals surface area contributed by atoms with Crippen molar-refractivity contribution >= 4 is 11.0 Å². The average molecular weight is 175 g/mol. The highest BCUT2D eigenvalue weighted by Gasteiger charge is 2.12. The van der Waals surface area contributed by atoms with Gasteiger partial charge in [-0.25, -0.2) is 0 Å². The van der Waals surface area contributed by atoms with E-state index in [2.05, 4.69) is 18.8 Å². The molecule has 2 rings (SSSR count). The minimum absolute atomic E-state index is 0.491. The summed E-state index contributed by atoms with van der Waals surface area (Å²) in [6.45, 7) is 6.35. The number of hydrogen-bond acceptors (Lipinski definition) is 2. The molecule has 0 saturated heterocycles. The number of nitrogens with zero attached hydrogens (tertiary/aromatic N) is 1. The maximum atomic E-state index is 5.62. The van der Waals surface area contributed by atoms with E-state index in [1.54, 1.807) is 6.20 Å². The van der Waals surface area contributed by atoms with Crippen LogP contribution in [-0.2, 0) is 0 Å². The van der Waals surface area contributed by atoms with Gasteiger partial charge >= 0.3 is 0 Å². The van der Waals surface area contributed by atoms with Gasteiger partial charge in [0.25, 0.3) is 0 Å². The zero-order valence-electron chi connectivity index (χ0n) is 8.16. The molecule has 2 heteroatoms. The molecule has 2 nitrogen and oxygen atoms in total. The summed E-state index contributed by atoms with van der Waals surface area (Å²) < 4.78 is 5.62. The van der Waals surface area contributed by atoms with Gasteiger partial charge in [0.1, 0.15) is 11.3 Å². The Bertz CT molecular complexity index is 429. The van der Waals surface area contributed by atoms with E-state index >= 15 is 0 Å². The van der Waals surface area contributed by atoms with E-state index < -0.39 is 0 Å². The molecule has 2 heterocycles. The van der Waals surface area contributed by atoms with Crippen molar-refractivity contribution < 1.29 is 4.42 Å². The van der Waals surface area contributed by atoms with Crippen molar-refractivity contribution in [1.82, 2.24) is 4.98 Å². The normalized spacial score (nSPS) is 11.4. The Morgan fingerprint density at radius 2 is 2.15 bits per heavy atom. The molecular formula is C11H13NO. The Labute approximate surface area is 77.6 Å². The summed E-state index contributed by atoms with van der Waals surface area (Å²) in [5.74, 6) is 1.50. The van der Waals surface area contributed by atoms with Crippen LogP contribution in [0.1, 0.15) is 31.1 Å². The van der Waals surface area contributed by atoms with E-state index in [-0.39, 0.29) is 0 Å². The van der Waals surface area contributed by atoms with Crippen molar-refractivity contribution in [2.75, 3.05) is 0 Å². The quantitative estimate of drug-likeness (QED) is 0.664. The highest BCUT2D eigenvalue weighted by Crippen LogP contribution is 2.30. The van der Waals surface area contributed by atoms with Gasteiger partial charge in [0.05, 0.1) is 0 Å². The van der Waals surface area contributed by atoms with Crippen LogP contribution in [0.2, 0.25) is 0 Å². The lowest BCUT2D eigenvalue weighted by Gasteiger charge is -2.01. The lowest BCUT2D eigenvalue weighted by Crippen LogP contribution is -1.87. The molecule has 0 bridgehead atoms. The van der Waals surface area contributed by atoms with Crippen LogP contribution in [0, 0.1) is 6.92 Å². The number of hydrogen-bond donors (Lipinski definition) is 0. The van der Waals surface area contributed by atoms with Crippen LogP contribution in [0.3, 0.4) is 0 Å². The van der Waals surface area contributed by atoms with Crippen molar-refractivity contribution in [3.63, 3.8) is 0 Å². The van der Waals surface area contributed by atoms with Crippen LogP contribution in [-0.4, -0.2) is 4.98 Å². The second-order valence-electron chi connectivity index (χ2n) is 3.60. The fourth-order valence-corrected chi connectivity index (χ4v) is 1.80. The molecule has 0 saturated carbocycles. The van der Waals surface area contributed by atoms with E-state index in [1.165, 1.54) is 5.56 Å². The first-order valence-corrected chi connectivity index (χ1v) is 4.53. The van der Waals surface area contributed by atoms with Crippen LogP contribution >= 0.6 is 0 Å². The molecule has 2 aromatic heterocycles. The molecule has 0 radical (unpaired) electrons. The van der Waals surface area contributed by atoms with Crippen LogP contribution in [0.15, 0.2) is 22.9 Å². The molecule has 0 fully saturated rings. The lowest BCUT2D eigenvalue weighted by molar-refractivity contribution is 0.568. The van der Waals surface area contributed by atoms with E-state index in [9.17, 15) is 0 Å². The predicted octanol–water partition coefficient (Wildman–Crippen LogP) is 3.26. The molecular weight excluding hydrogens is 162 g/mol. The molecule has 13 heavy (non-hydrogen) atoms. The largest absolute Gasteiger partial charge is 0.461 e. The molecule has 0 aromatic carbocycles. The highest BCUT2D eigenvalue weighted by atomic mass is 16.3. The van der Waals surface area contributed by atoms with Crippen molar-refractivity contribution in [3.8, 4) is 0 Å². The van der Waals surface area contributed by atoms with Crippen molar-refractivity contribution in [2.24, 2.45) is 0 Å². The topological polar surface area (TPSA) is 26.0 Å². The summed E-state index contributed by atoms with van der Waals surface area (Å²) in [6, 6.07) is 1.91. The Morgan fingerprint density at radius 1 is 1.38 bits per heavy atom. The Morgan fingerprint density at radius 3 is 2.85 bits per heavy atom. The average Bonchev–Trinajstić information content (AvgIpc) is 2.39. The molecule has 0 N–H and O–H groups in total. The summed E-state index contributed by atoms with van der Waals surface area (Å²) >= 11 is 0. The van der Waals surface area contributed by atoms with Crippen LogP contribution < -0.4 is 0 Å². The second-order valence-corrected chi connectivity index (χ2v) is 3.60. The molecule has 68 valence electrons. The number of aryl methyl sites for hydroxylation is 1. The Kier molecular flexibility index (Phi) is 1.83. The zero-order valence-corrected chi connectivity index (χ0v) is 8.16. The summed E-state index contributed by atoms with van der Waals surface area (Å²) in [5, 5.41) is 1.15. The smallest absolute Gasteiger partial charge is 0.137 e. The first-order chi connectivity index (χ1) is 6.20. The summed E-state index contributed by atoms with van der Waals surface area (Å²) in [7, 11) is 0. The molecule has 0 atom stereocenters. The second kappa shape index (κ2) is 2.87. The molecule has 0 unspecified atom stereocenters. The van der Waals surface area contributed by atoms with E-state index in [0.29, 0.717) is 5.92 Å². The summed E-state index contributed by atoms with van der Waals surface area (Å²) in [4.78, 5) is 4.11. The number of aromatic nitrogens is 1. The van der Waals surface area contributed by atoms with Crippen molar-refractivity contribution in [3.05, 3.63) is 29.8 Å². The van der Waals surface area contributed by atoms with Crippen molar-refractivity contribution in [1.29, 1.82) is 0 Å². The predicted molar refractivity (Wildman–Crippen MR) is 52.8 cm³/mol. The van der Waals surface area contributed by atoms with Crippen LogP contribution in [0.4, 0.5) is 0 Å². The minimum Gasteiger partial charge on any atom is -0.461 e. The van der Waals surface area contributed by atoms with Gasteiger partial charge < -0.3 is 4.42 Å². The number of furan rings is 1. The van der Waals surface area contributed by atoms with Gasteiger partial charge in [-0.05, 0) is 18.9 Å². The van der Waals surface area contributed by atoms with E-state index in [1.807, 2.05) is 19.2 Å². The fourth-order valence-electron chi connectivity index (χ4n) is 1.80. The SMILES string of the molecule is Cc1oc2ccncc2c1C(C)C. The zero-order chi connectivity index (χ0) is 9.42. The maximum absolute atomic E-state index is 5.62. The van der Waals surface area contributed by atoms with E-state index in [4.69, 9.17) is 4.42 Å². The first kappa shape index (κ1) is 8.30. The van der Waals surface area contributed by atoms with Crippen LogP contribution in [0.25, 0.3) is 11.0 Å². The standard InChI is InChI=1S/C11H13NO/c1-7(2)11-8(3)13-10-4-5-12-6-9(10)11/h4-7H,1-3H3. The van der Waals surface area contributed by atoms with Gasteiger partial charge in [-0.3, -0.25) is 4.98 Å². The molecule has 0 amide bonds. The highest BCUT2D eigenvalue weighted by molar-refractivity contribution is 5.81. The third-order valence-corrected chi connectivity index (χ3v) is 2.29. The Balaban J connectivity index is 2.78.